The number of likely N-dealkylation sites (N-methyl/N-ethyl adjacent to an activating group) is 1. The minimum absolute atomic E-state index is 0.311. The van der Waals surface area contributed by atoms with Gasteiger partial charge in [0.15, 0.2) is 0 Å². The van der Waals surface area contributed by atoms with Gasteiger partial charge in [-0.3, -0.25) is 4.90 Å². The number of hydrogen-bond acceptors (Lipinski definition) is 3. The number of nitrogens with zero attached hydrogens (tertiary/aromatic N) is 2. The van der Waals surface area contributed by atoms with E-state index in [0.717, 1.165) is 19.5 Å². The molecular formula is C11H24N2O. The van der Waals surface area contributed by atoms with E-state index in [1.54, 1.807) is 0 Å². The van der Waals surface area contributed by atoms with Gasteiger partial charge >= 0.3 is 0 Å². The lowest BCUT2D eigenvalue weighted by Crippen LogP contribution is -2.56. The van der Waals surface area contributed by atoms with E-state index in [-0.39, 0.29) is 0 Å². The minimum atomic E-state index is 0.311. The number of rotatable bonds is 4. The zero-order valence-electron chi connectivity index (χ0n) is 9.74. The molecule has 0 aromatic carbocycles. The van der Waals surface area contributed by atoms with Crippen LogP contribution in [0, 0.1) is 0 Å². The molecule has 0 aromatic heterocycles. The smallest absolute Gasteiger partial charge is 0.0446 e. The van der Waals surface area contributed by atoms with Gasteiger partial charge in [0.2, 0.25) is 0 Å². The summed E-state index contributed by atoms with van der Waals surface area (Å²) in [7, 11) is 2.17. The molecule has 2 atom stereocenters. The van der Waals surface area contributed by atoms with Crippen LogP contribution in [0.15, 0.2) is 0 Å². The van der Waals surface area contributed by atoms with Crippen molar-refractivity contribution < 1.29 is 5.11 Å². The highest BCUT2D eigenvalue weighted by molar-refractivity contribution is 4.85. The van der Waals surface area contributed by atoms with Crippen molar-refractivity contribution in [1.29, 1.82) is 0 Å². The Morgan fingerprint density at radius 1 is 1.36 bits per heavy atom. The Labute approximate surface area is 87.7 Å². The molecule has 1 rings (SSSR count). The van der Waals surface area contributed by atoms with E-state index in [1.807, 2.05) is 0 Å². The van der Waals surface area contributed by atoms with Crippen LogP contribution in [0.1, 0.15) is 26.7 Å². The van der Waals surface area contributed by atoms with Crippen molar-refractivity contribution in [3.8, 4) is 0 Å². The average molecular weight is 200 g/mol. The fourth-order valence-corrected chi connectivity index (χ4v) is 2.52. The molecule has 1 heterocycles. The van der Waals surface area contributed by atoms with E-state index in [0.29, 0.717) is 18.7 Å². The average Bonchev–Trinajstić information content (AvgIpc) is 2.11. The van der Waals surface area contributed by atoms with Crippen molar-refractivity contribution in [2.75, 3.05) is 33.3 Å². The van der Waals surface area contributed by atoms with Crippen LogP contribution in [-0.4, -0.2) is 60.3 Å². The molecule has 0 amide bonds. The molecule has 1 N–H and O–H groups in total. The third-order valence-corrected chi connectivity index (χ3v) is 3.08. The van der Waals surface area contributed by atoms with Gasteiger partial charge in [0.1, 0.15) is 0 Å². The normalized spacial score (nSPS) is 30.9. The molecule has 0 aromatic rings. The SMILES string of the molecule is CCCN1C(C)CN(C)CC1CCO. The second-order valence-corrected chi connectivity index (χ2v) is 4.47. The van der Waals surface area contributed by atoms with Gasteiger partial charge in [-0.2, -0.15) is 0 Å². The van der Waals surface area contributed by atoms with Crippen LogP contribution in [0.3, 0.4) is 0 Å². The van der Waals surface area contributed by atoms with E-state index in [1.165, 1.54) is 13.0 Å². The van der Waals surface area contributed by atoms with E-state index >= 15 is 0 Å². The molecule has 1 fully saturated rings. The van der Waals surface area contributed by atoms with Crippen molar-refractivity contribution in [2.24, 2.45) is 0 Å². The highest BCUT2D eigenvalue weighted by Crippen LogP contribution is 2.17. The minimum Gasteiger partial charge on any atom is -0.396 e. The fraction of sp³-hybridized carbons (Fsp3) is 1.00. The molecule has 1 saturated heterocycles. The molecule has 0 bridgehead atoms. The Hall–Kier alpha value is -0.120. The van der Waals surface area contributed by atoms with Gasteiger partial charge in [-0.05, 0) is 33.4 Å². The molecule has 1 aliphatic heterocycles. The third-order valence-electron chi connectivity index (χ3n) is 3.08. The van der Waals surface area contributed by atoms with Crippen LogP contribution < -0.4 is 0 Å². The molecule has 1 aliphatic rings. The molecular weight excluding hydrogens is 176 g/mol. The number of aliphatic hydroxyl groups excluding tert-OH is 1. The summed E-state index contributed by atoms with van der Waals surface area (Å²) >= 11 is 0. The van der Waals surface area contributed by atoms with Crippen LogP contribution >= 0.6 is 0 Å². The predicted molar refractivity (Wildman–Crippen MR) is 59.4 cm³/mol. The summed E-state index contributed by atoms with van der Waals surface area (Å²) in [5, 5.41) is 9.03. The first-order chi connectivity index (χ1) is 6.69. The third kappa shape index (κ3) is 2.94. The first kappa shape index (κ1) is 12.0. The number of hydrogen-bond donors (Lipinski definition) is 1. The van der Waals surface area contributed by atoms with Gasteiger partial charge in [0, 0.05) is 31.8 Å². The maximum Gasteiger partial charge on any atom is 0.0446 e. The highest BCUT2D eigenvalue weighted by atomic mass is 16.3. The van der Waals surface area contributed by atoms with Crippen LogP contribution in [0.25, 0.3) is 0 Å². The molecule has 0 radical (unpaired) electrons. The second-order valence-electron chi connectivity index (χ2n) is 4.47. The summed E-state index contributed by atoms with van der Waals surface area (Å²) in [6.07, 6.45) is 2.12. The molecule has 84 valence electrons. The Kier molecular flexibility index (Phi) is 4.85. The van der Waals surface area contributed by atoms with E-state index < -0.39 is 0 Å². The Balaban J connectivity index is 2.55. The Bertz CT molecular complexity index is 163. The molecule has 3 nitrogen and oxygen atoms in total. The molecule has 2 unspecified atom stereocenters. The van der Waals surface area contributed by atoms with Crippen molar-refractivity contribution in [3.63, 3.8) is 0 Å². The maximum atomic E-state index is 9.03. The van der Waals surface area contributed by atoms with Crippen LogP contribution in [0.5, 0.6) is 0 Å². The fourth-order valence-electron chi connectivity index (χ4n) is 2.52. The van der Waals surface area contributed by atoms with Crippen LogP contribution in [0.4, 0.5) is 0 Å². The Morgan fingerprint density at radius 2 is 2.07 bits per heavy atom. The highest BCUT2D eigenvalue weighted by Gasteiger charge is 2.28. The lowest BCUT2D eigenvalue weighted by molar-refractivity contribution is 0.0313. The second kappa shape index (κ2) is 5.69. The van der Waals surface area contributed by atoms with Gasteiger partial charge < -0.3 is 10.0 Å². The summed E-state index contributed by atoms with van der Waals surface area (Å²) in [5.41, 5.74) is 0. The first-order valence-corrected chi connectivity index (χ1v) is 5.74. The van der Waals surface area contributed by atoms with E-state index in [4.69, 9.17) is 5.11 Å². The molecule has 0 saturated carbocycles. The van der Waals surface area contributed by atoms with E-state index in [2.05, 4.69) is 30.7 Å². The summed E-state index contributed by atoms with van der Waals surface area (Å²) in [5.74, 6) is 0. The quantitative estimate of drug-likeness (QED) is 0.726. The van der Waals surface area contributed by atoms with Gasteiger partial charge in [-0.25, -0.2) is 0 Å². The van der Waals surface area contributed by atoms with Gasteiger partial charge in [0.05, 0.1) is 0 Å². The predicted octanol–water partition coefficient (Wildman–Crippen LogP) is 0.783. The summed E-state index contributed by atoms with van der Waals surface area (Å²) < 4.78 is 0. The largest absolute Gasteiger partial charge is 0.396 e. The lowest BCUT2D eigenvalue weighted by Gasteiger charge is -2.44. The Morgan fingerprint density at radius 3 is 2.64 bits per heavy atom. The molecule has 14 heavy (non-hydrogen) atoms. The van der Waals surface area contributed by atoms with Crippen molar-refractivity contribution in [2.45, 2.75) is 38.8 Å². The standard InChI is InChI=1S/C11H24N2O/c1-4-6-13-10(2)8-12(3)9-11(13)5-7-14/h10-11,14H,4-9H2,1-3H3. The number of aliphatic hydroxyl groups is 1. The summed E-state index contributed by atoms with van der Waals surface area (Å²) in [4.78, 5) is 4.92. The maximum absolute atomic E-state index is 9.03. The van der Waals surface area contributed by atoms with Crippen molar-refractivity contribution >= 4 is 0 Å². The van der Waals surface area contributed by atoms with Gasteiger partial charge in [-0.1, -0.05) is 6.92 Å². The summed E-state index contributed by atoms with van der Waals surface area (Å²) in [6.45, 7) is 8.24. The summed E-state index contributed by atoms with van der Waals surface area (Å²) in [6, 6.07) is 1.18. The lowest BCUT2D eigenvalue weighted by atomic mass is 10.0. The monoisotopic (exact) mass is 200 g/mol. The molecule has 3 heteroatoms. The van der Waals surface area contributed by atoms with Crippen molar-refractivity contribution in [3.05, 3.63) is 0 Å². The zero-order chi connectivity index (χ0) is 10.6. The van der Waals surface area contributed by atoms with Crippen molar-refractivity contribution in [1.82, 2.24) is 9.80 Å². The van der Waals surface area contributed by atoms with Crippen LogP contribution in [0.2, 0.25) is 0 Å². The molecule has 0 aliphatic carbocycles. The van der Waals surface area contributed by atoms with Crippen LogP contribution in [-0.2, 0) is 0 Å². The first-order valence-electron chi connectivity index (χ1n) is 5.74. The van der Waals surface area contributed by atoms with Gasteiger partial charge in [-0.15, -0.1) is 0 Å². The zero-order valence-corrected chi connectivity index (χ0v) is 9.74. The topological polar surface area (TPSA) is 26.7 Å². The number of piperazine rings is 1. The molecule has 0 spiro atoms. The van der Waals surface area contributed by atoms with Gasteiger partial charge in [0.25, 0.3) is 0 Å². The van der Waals surface area contributed by atoms with E-state index in [9.17, 15) is 0 Å².